The summed E-state index contributed by atoms with van der Waals surface area (Å²) in [4.78, 5) is 0. The summed E-state index contributed by atoms with van der Waals surface area (Å²) in [5.41, 5.74) is 8.16. The van der Waals surface area contributed by atoms with Crippen LogP contribution in [0.4, 0.5) is 5.82 Å². The van der Waals surface area contributed by atoms with Crippen LogP contribution in [0.2, 0.25) is 0 Å². The molecule has 2 aromatic rings. The average molecular weight is 198 g/mol. The number of anilines is 1. The Balaban J connectivity index is 2.61. The molecule has 0 aliphatic carbocycles. The molecule has 2 N–H and O–H groups in total. The molecular weight excluding hydrogens is 188 g/mol. The van der Waals surface area contributed by atoms with Crippen molar-refractivity contribution < 1.29 is 0 Å². The van der Waals surface area contributed by atoms with Crippen LogP contribution < -0.4 is 5.73 Å². The van der Waals surface area contributed by atoms with Crippen molar-refractivity contribution in [1.29, 1.82) is 5.26 Å². The van der Waals surface area contributed by atoms with Gasteiger partial charge < -0.3 is 5.73 Å². The van der Waals surface area contributed by atoms with Gasteiger partial charge in [0.25, 0.3) is 0 Å². The molecule has 0 atom stereocenters. The highest BCUT2D eigenvalue weighted by atomic mass is 15.3. The van der Waals surface area contributed by atoms with Crippen LogP contribution in [-0.4, -0.2) is 9.78 Å². The third-order valence-corrected chi connectivity index (χ3v) is 2.27. The minimum absolute atomic E-state index is 0.381. The first-order valence-corrected chi connectivity index (χ1v) is 4.53. The second kappa shape index (κ2) is 3.46. The van der Waals surface area contributed by atoms with Crippen molar-refractivity contribution in [3.63, 3.8) is 0 Å². The lowest BCUT2D eigenvalue weighted by atomic mass is 10.2. The zero-order chi connectivity index (χ0) is 10.8. The number of para-hydroxylation sites is 1. The number of hydrogen-bond donors (Lipinski definition) is 1. The summed E-state index contributed by atoms with van der Waals surface area (Å²) >= 11 is 0. The summed E-state index contributed by atoms with van der Waals surface area (Å²) < 4.78 is 1.58. The monoisotopic (exact) mass is 198 g/mol. The molecule has 0 unspecified atom stereocenters. The predicted molar refractivity (Wildman–Crippen MR) is 57.4 cm³/mol. The molecule has 0 amide bonds. The van der Waals surface area contributed by atoms with Gasteiger partial charge in [0.05, 0.1) is 11.9 Å². The van der Waals surface area contributed by atoms with Crippen molar-refractivity contribution in [2.24, 2.45) is 0 Å². The minimum atomic E-state index is 0.381. The van der Waals surface area contributed by atoms with Crippen molar-refractivity contribution in [1.82, 2.24) is 9.78 Å². The van der Waals surface area contributed by atoms with Crippen LogP contribution in [0.5, 0.6) is 0 Å². The molecule has 0 aliphatic rings. The Labute approximate surface area is 87.6 Å². The van der Waals surface area contributed by atoms with E-state index in [0.717, 1.165) is 11.3 Å². The minimum Gasteiger partial charge on any atom is -0.382 e. The standard InChI is InChI=1S/C11H10N4/c1-8-4-2-3-5-10(8)15-11(13)9(6-12)7-14-15/h2-5,7H,13H2,1H3. The molecule has 0 saturated carbocycles. The smallest absolute Gasteiger partial charge is 0.145 e. The second-order valence-electron chi connectivity index (χ2n) is 3.25. The van der Waals surface area contributed by atoms with Gasteiger partial charge in [-0.15, -0.1) is 0 Å². The van der Waals surface area contributed by atoms with Crippen molar-refractivity contribution in [2.75, 3.05) is 5.73 Å². The molecule has 74 valence electrons. The number of nitriles is 1. The first-order chi connectivity index (χ1) is 7.24. The van der Waals surface area contributed by atoms with Crippen molar-refractivity contribution in [2.45, 2.75) is 6.92 Å². The number of benzene rings is 1. The molecule has 15 heavy (non-hydrogen) atoms. The quantitative estimate of drug-likeness (QED) is 0.757. The van der Waals surface area contributed by atoms with Gasteiger partial charge in [-0.1, -0.05) is 18.2 Å². The van der Waals surface area contributed by atoms with Crippen LogP contribution in [0.3, 0.4) is 0 Å². The van der Waals surface area contributed by atoms with E-state index in [9.17, 15) is 0 Å². The Kier molecular flexibility index (Phi) is 2.14. The Bertz CT molecular complexity index is 534. The molecule has 1 heterocycles. The lowest BCUT2D eigenvalue weighted by Gasteiger charge is -2.06. The van der Waals surface area contributed by atoms with Crippen LogP contribution in [-0.2, 0) is 0 Å². The molecule has 4 nitrogen and oxygen atoms in total. The summed E-state index contributed by atoms with van der Waals surface area (Å²) in [7, 11) is 0. The summed E-state index contributed by atoms with van der Waals surface area (Å²) in [5.74, 6) is 0.381. The lowest BCUT2D eigenvalue weighted by molar-refractivity contribution is 0.883. The molecule has 1 aromatic heterocycles. The van der Waals surface area contributed by atoms with Gasteiger partial charge >= 0.3 is 0 Å². The number of nitrogen functional groups attached to an aromatic ring is 1. The first-order valence-electron chi connectivity index (χ1n) is 4.53. The fraction of sp³-hybridized carbons (Fsp3) is 0.0909. The maximum atomic E-state index is 8.76. The molecule has 2 rings (SSSR count). The molecule has 0 bridgehead atoms. The van der Waals surface area contributed by atoms with E-state index in [1.807, 2.05) is 37.3 Å². The molecule has 4 heteroatoms. The predicted octanol–water partition coefficient (Wildman–Crippen LogP) is 1.63. The highest BCUT2D eigenvalue weighted by Crippen LogP contribution is 2.18. The van der Waals surface area contributed by atoms with E-state index in [4.69, 9.17) is 11.0 Å². The number of nitrogens with zero attached hydrogens (tertiary/aromatic N) is 3. The fourth-order valence-electron chi connectivity index (χ4n) is 1.44. The van der Waals surface area contributed by atoms with E-state index < -0.39 is 0 Å². The van der Waals surface area contributed by atoms with Gasteiger partial charge in [0.1, 0.15) is 17.5 Å². The number of aryl methyl sites for hydroxylation is 1. The van der Waals surface area contributed by atoms with E-state index >= 15 is 0 Å². The van der Waals surface area contributed by atoms with Crippen LogP contribution in [0.1, 0.15) is 11.1 Å². The summed E-state index contributed by atoms with van der Waals surface area (Å²) in [5, 5.41) is 12.9. The number of hydrogen-bond acceptors (Lipinski definition) is 3. The van der Waals surface area contributed by atoms with Gasteiger partial charge in [-0.25, -0.2) is 4.68 Å². The summed E-state index contributed by atoms with van der Waals surface area (Å²) in [6.07, 6.45) is 1.47. The fourth-order valence-corrected chi connectivity index (χ4v) is 1.44. The Hall–Kier alpha value is -2.28. The molecule has 0 aliphatic heterocycles. The molecule has 1 aromatic carbocycles. The van der Waals surface area contributed by atoms with Crippen molar-refractivity contribution >= 4 is 5.82 Å². The Morgan fingerprint density at radius 3 is 2.73 bits per heavy atom. The zero-order valence-electron chi connectivity index (χ0n) is 8.31. The maximum absolute atomic E-state index is 8.76. The SMILES string of the molecule is Cc1ccccc1-n1ncc(C#N)c1N. The zero-order valence-corrected chi connectivity index (χ0v) is 8.31. The van der Waals surface area contributed by atoms with Gasteiger partial charge in [0, 0.05) is 0 Å². The van der Waals surface area contributed by atoms with Crippen LogP contribution in [0.25, 0.3) is 5.69 Å². The molecule has 0 fully saturated rings. The van der Waals surface area contributed by atoms with E-state index in [1.54, 1.807) is 4.68 Å². The largest absolute Gasteiger partial charge is 0.382 e. The van der Waals surface area contributed by atoms with Crippen molar-refractivity contribution in [3.8, 4) is 11.8 Å². The van der Waals surface area contributed by atoms with E-state index in [2.05, 4.69) is 5.10 Å². The normalized spacial score (nSPS) is 9.87. The third kappa shape index (κ3) is 1.44. The first kappa shape index (κ1) is 9.28. The van der Waals surface area contributed by atoms with Gasteiger partial charge in [-0.2, -0.15) is 10.4 Å². The van der Waals surface area contributed by atoms with Gasteiger partial charge in [0.15, 0.2) is 0 Å². The second-order valence-corrected chi connectivity index (χ2v) is 3.25. The van der Waals surface area contributed by atoms with E-state index in [-0.39, 0.29) is 0 Å². The van der Waals surface area contributed by atoms with Gasteiger partial charge in [-0.05, 0) is 18.6 Å². The molecular formula is C11H10N4. The van der Waals surface area contributed by atoms with Crippen LogP contribution in [0.15, 0.2) is 30.5 Å². The van der Waals surface area contributed by atoms with Crippen LogP contribution in [0, 0.1) is 18.3 Å². The van der Waals surface area contributed by atoms with E-state index in [0.29, 0.717) is 11.4 Å². The lowest BCUT2D eigenvalue weighted by Crippen LogP contribution is -2.03. The Morgan fingerprint density at radius 2 is 2.13 bits per heavy atom. The summed E-state index contributed by atoms with van der Waals surface area (Å²) in [6.45, 7) is 1.97. The van der Waals surface area contributed by atoms with Gasteiger partial charge in [0.2, 0.25) is 0 Å². The molecule has 0 spiro atoms. The Morgan fingerprint density at radius 1 is 1.40 bits per heavy atom. The van der Waals surface area contributed by atoms with Crippen molar-refractivity contribution in [3.05, 3.63) is 41.6 Å². The third-order valence-electron chi connectivity index (χ3n) is 2.27. The highest BCUT2D eigenvalue weighted by molar-refractivity contribution is 5.54. The molecule has 0 radical (unpaired) electrons. The van der Waals surface area contributed by atoms with Gasteiger partial charge in [-0.3, -0.25) is 0 Å². The number of aromatic nitrogens is 2. The number of rotatable bonds is 1. The highest BCUT2D eigenvalue weighted by Gasteiger charge is 2.09. The van der Waals surface area contributed by atoms with Crippen LogP contribution >= 0.6 is 0 Å². The number of nitrogens with two attached hydrogens (primary N) is 1. The summed E-state index contributed by atoms with van der Waals surface area (Å²) in [6, 6.07) is 9.75. The average Bonchev–Trinajstić information content (AvgIpc) is 2.60. The topological polar surface area (TPSA) is 67.6 Å². The van der Waals surface area contributed by atoms with E-state index in [1.165, 1.54) is 6.20 Å². The molecule has 0 saturated heterocycles. The maximum Gasteiger partial charge on any atom is 0.145 e.